The van der Waals surface area contributed by atoms with Crippen molar-refractivity contribution in [1.29, 1.82) is 0 Å². The van der Waals surface area contributed by atoms with E-state index < -0.39 is 0 Å². The number of benzene rings is 1. The molecule has 5 heteroatoms. The first-order valence-corrected chi connectivity index (χ1v) is 7.27. The van der Waals surface area contributed by atoms with Gasteiger partial charge in [-0.25, -0.2) is 0 Å². The number of hydrogen-bond donors (Lipinski definition) is 2. The Hall–Kier alpha value is -2.43. The highest BCUT2D eigenvalue weighted by molar-refractivity contribution is 6.02. The van der Waals surface area contributed by atoms with Gasteiger partial charge in [-0.15, -0.1) is 10.2 Å². The summed E-state index contributed by atoms with van der Waals surface area (Å²) in [4.78, 5) is 12.1. The van der Waals surface area contributed by atoms with E-state index in [1.807, 2.05) is 13.0 Å². The Morgan fingerprint density at radius 1 is 1.14 bits per heavy atom. The molecule has 0 aliphatic heterocycles. The highest BCUT2D eigenvalue weighted by Gasteiger charge is 2.13. The van der Waals surface area contributed by atoms with Crippen LogP contribution in [0.25, 0.3) is 0 Å². The van der Waals surface area contributed by atoms with Gasteiger partial charge in [-0.3, -0.25) is 4.79 Å². The molecule has 0 saturated heterocycles. The molecule has 1 amide bonds. The van der Waals surface area contributed by atoms with Crippen LogP contribution in [0, 0.1) is 0 Å². The Morgan fingerprint density at radius 2 is 2.00 bits per heavy atom. The predicted molar refractivity (Wildman–Crippen MR) is 82.6 cm³/mol. The summed E-state index contributed by atoms with van der Waals surface area (Å²) in [6.45, 7) is 2.76. The first kappa shape index (κ1) is 13.5. The normalized spacial score (nSPS) is 12.8. The fourth-order valence-corrected chi connectivity index (χ4v) is 2.57. The summed E-state index contributed by atoms with van der Waals surface area (Å²) >= 11 is 0. The molecule has 0 radical (unpaired) electrons. The first-order valence-electron chi connectivity index (χ1n) is 7.27. The van der Waals surface area contributed by atoms with Gasteiger partial charge in [-0.1, -0.05) is 6.07 Å². The number of hydrogen-bond acceptors (Lipinski definition) is 4. The first-order chi connectivity index (χ1) is 10.3. The zero-order valence-corrected chi connectivity index (χ0v) is 12.0. The molecule has 108 valence electrons. The fourth-order valence-electron chi connectivity index (χ4n) is 2.57. The van der Waals surface area contributed by atoms with E-state index in [2.05, 4.69) is 33.0 Å². The SMILES string of the molecule is CCNc1ccc(C(=O)Nc2ccc3c(c2)CCC3)nn1. The van der Waals surface area contributed by atoms with Gasteiger partial charge in [0.05, 0.1) is 0 Å². The van der Waals surface area contributed by atoms with Gasteiger partial charge in [0.25, 0.3) is 5.91 Å². The van der Waals surface area contributed by atoms with Crippen molar-refractivity contribution >= 4 is 17.4 Å². The van der Waals surface area contributed by atoms with E-state index in [0.29, 0.717) is 11.5 Å². The molecular formula is C16H18N4O. The van der Waals surface area contributed by atoms with Crippen LogP contribution in [-0.4, -0.2) is 22.6 Å². The third kappa shape index (κ3) is 3.02. The van der Waals surface area contributed by atoms with E-state index in [1.54, 1.807) is 12.1 Å². The zero-order valence-electron chi connectivity index (χ0n) is 12.0. The fraction of sp³-hybridized carbons (Fsp3) is 0.312. The smallest absolute Gasteiger partial charge is 0.276 e. The second-order valence-corrected chi connectivity index (χ2v) is 5.13. The lowest BCUT2D eigenvalue weighted by molar-refractivity contribution is 0.102. The summed E-state index contributed by atoms with van der Waals surface area (Å²) in [6.07, 6.45) is 3.43. The van der Waals surface area contributed by atoms with E-state index in [0.717, 1.165) is 25.1 Å². The summed E-state index contributed by atoms with van der Waals surface area (Å²) in [5, 5.41) is 13.8. The second-order valence-electron chi connectivity index (χ2n) is 5.13. The van der Waals surface area contributed by atoms with E-state index in [9.17, 15) is 4.79 Å². The number of carbonyl (C=O) groups is 1. The quantitative estimate of drug-likeness (QED) is 0.904. The van der Waals surface area contributed by atoms with E-state index in [-0.39, 0.29) is 5.91 Å². The largest absolute Gasteiger partial charge is 0.369 e. The molecule has 0 fully saturated rings. The van der Waals surface area contributed by atoms with Crippen LogP contribution < -0.4 is 10.6 Å². The highest BCUT2D eigenvalue weighted by atomic mass is 16.1. The van der Waals surface area contributed by atoms with Crippen LogP contribution in [0.15, 0.2) is 30.3 Å². The minimum atomic E-state index is -0.233. The van der Waals surface area contributed by atoms with Crippen LogP contribution in [0.5, 0.6) is 0 Å². The number of nitrogens with zero attached hydrogens (tertiary/aromatic N) is 2. The number of fused-ring (bicyclic) bond motifs is 1. The summed E-state index contributed by atoms with van der Waals surface area (Å²) in [5.41, 5.74) is 3.86. The van der Waals surface area contributed by atoms with Crippen LogP contribution in [-0.2, 0) is 12.8 Å². The number of carbonyl (C=O) groups excluding carboxylic acids is 1. The molecule has 0 atom stereocenters. The molecular weight excluding hydrogens is 264 g/mol. The zero-order chi connectivity index (χ0) is 14.7. The number of nitrogens with one attached hydrogen (secondary N) is 2. The highest BCUT2D eigenvalue weighted by Crippen LogP contribution is 2.25. The Kier molecular flexibility index (Phi) is 3.81. The minimum absolute atomic E-state index is 0.233. The van der Waals surface area contributed by atoms with Crippen molar-refractivity contribution < 1.29 is 4.79 Å². The van der Waals surface area contributed by atoms with E-state index in [1.165, 1.54) is 17.5 Å². The molecule has 1 aromatic heterocycles. The number of aryl methyl sites for hydroxylation is 2. The van der Waals surface area contributed by atoms with Crippen molar-refractivity contribution in [1.82, 2.24) is 10.2 Å². The van der Waals surface area contributed by atoms with Gasteiger partial charge in [0.1, 0.15) is 5.82 Å². The van der Waals surface area contributed by atoms with Crippen molar-refractivity contribution in [3.63, 3.8) is 0 Å². The Bertz CT molecular complexity index is 652. The van der Waals surface area contributed by atoms with Gasteiger partial charge >= 0.3 is 0 Å². The van der Waals surface area contributed by atoms with Crippen molar-refractivity contribution in [2.24, 2.45) is 0 Å². The average molecular weight is 282 g/mol. The molecule has 0 bridgehead atoms. The third-order valence-corrected chi connectivity index (χ3v) is 3.61. The number of anilines is 2. The molecule has 3 rings (SSSR count). The third-order valence-electron chi connectivity index (χ3n) is 3.61. The van der Waals surface area contributed by atoms with Gasteiger partial charge in [0.15, 0.2) is 5.69 Å². The molecule has 1 heterocycles. The van der Waals surface area contributed by atoms with Crippen molar-refractivity contribution in [3.05, 3.63) is 47.2 Å². The Balaban J connectivity index is 1.71. The molecule has 0 spiro atoms. The number of rotatable bonds is 4. The molecule has 1 aromatic carbocycles. The lowest BCUT2D eigenvalue weighted by atomic mass is 10.1. The molecule has 2 aromatic rings. The van der Waals surface area contributed by atoms with Gasteiger partial charge < -0.3 is 10.6 Å². The Morgan fingerprint density at radius 3 is 2.76 bits per heavy atom. The summed E-state index contributed by atoms with van der Waals surface area (Å²) < 4.78 is 0. The van der Waals surface area contributed by atoms with Crippen molar-refractivity contribution in [2.75, 3.05) is 17.2 Å². The van der Waals surface area contributed by atoms with Gasteiger partial charge in [-0.05, 0) is 61.6 Å². The molecule has 2 N–H and O–H groups in total. The molecule has 21 heavy (non-hydrogen) atoms. The maximum Gasteiger partial charge on any atom is 0.276 e. The van der Waals surface area contributed by atoms with Crippen LogP contribution >= 0.6 is 0 Å². The molecule has 0 unspecified atom stereocenters. The maximum atomic E-state index is 12.1. The second kappa shape index (κ2) is 5.91. The number of amides is 1. The van der Waals surface area contributed by atoms with Crippen molar-refractivity contribution in [3.8, 4) is 0 Å². The van der Waals surface area contributed by atoms with E-state index >= 15 is 0 Å². The average Bonchev–Trinajstić information content (AvgIpc) is 2.96. The molecule has 1 aliphatic carbocycles. The van der Waals surface area contributed by atoms with Gasteiger partial charge in [0.2, 0.25) is 0 Å². The van der Waals surface area contributed by atoms with Crippen LogP contribution in [0.2, 0.25) is 0 Å². The van der Waals surface area contributed by atoms with E-state index in [4.69, 9.17) is 0 Å². The monoisotopic (exact) mass is 282 g/mol. The van der Waals surface area contributed by atoms with Gasteiger partial charge in [-0.2, -0.15) is 0 Å². The predicted octanol–water partition coefficient (Wildman–Crippen LogP) is 2.65. The maximum absolute atomic E-state index is 12.1. The lowest BCUT2D eigenvalue weighted by Gasteiger charge is -2.07. The topological polar surface area (TPSA) is 66.9 Å². The Labute approximate surface area is 123 Å². The summed E-state index contributed by atoms with van der Waals surface area (Å²) in [5.74, 6) is 0.440. The van der Waals surface area contributed by atoms with Crippen molar-refractivity contribution in [2.45, 2.75) is 26.2 Å². The molecule has 5 nitrogen and oxygen atoms in total. The van der Waals surface area contributed by atoms with Gasteiger partial charge in [0, 0.05) is 12.2 Å². The molecule has 1 aliphatic rings. The number of aromatic nitrogens is 2. The van der Waals surface area contributed by atoms with Crippen LogP contribution in [0.3, 0.4) is 0 Å². The standard InChI is InChI=1S/C16H18N4O/c1-2-17-15-9-8-14(19-20-15)16(21)18-13-7-6-11-4-3-5-12(11)10-13/h6-10H,2-5H2,1H3,(H,17,20)(H,18,21). The van der Waals surface area contributed by atoms with Crippen LogP contribution in [0.4, 0.5) is 11.5 Å². The summed E-state index contributed by atoms with van der Waals surface area (Å²) in [6, 6.07) is 9.53. The lowest BCUT2D eigenvalue weighted by Crippen LogP contribution is -2.15. The van der Waals surface area contributed by atoms with Crippen LogP contribution in [0.1, 0.15) is 35.0 Å². The molecule has 0 saturated carbocycles. The summed E-state index contributed by atoms with van der Waals surface area (Å²) in [7, 11) is 0. The minimum Gasteiger partial charge on any atom is -0.369 e.